The van der Waals surface area contributed by atoms with E-state index in [1.165, 1.54) is 36.0 Å². The zero-order chi connectivity index (χ0) is 13.1. The first-order chi connectivity index (χ1) is 8.58. The monoisotopic (exact) mass is 246 g/mol. The molecule has 2 heteroatoms. The Balaban J connectivity index is 2.16. The van der Waals surface area contributed by atoms with Crippen molar-refractivity contribution in [3.8, 4) is 0 Å². The second-order valence-corrected chi connectivity index (χ2v) is 5.70. The van der Waals surface area contributed by atoms with Crippen molar-refractivity contribution in [1.29, 1.82) is 0 Å². The van der Waals surface area contributed by atoms with Gasteiger partial charge in [0.25, 0.3) is 0 Å². The topological polar surface area (TPSA) is 37.3 Å². The van der Waals surface area contributed by atoms with E-state index in [1.54, 1.807) is 0 Å². The highest BCUT2D eigenvalue weighted by molar-refractivity contribution is 5.70. The first kappa shape index (κ1) is 13.1. The van der Waals surface area contributed by atoms with E-state index in [-0.39, 0.29) is 11.8 Å². The summed E-state index contributed by atoms with van der Waals surface area (Å²) in [7, 11) is 0. The highest BCUT2D eigenvalue weighted by atomic mass is 16.4. The SMILES string of the molecule is CC(C)C(Cc1ccc2c(c1)CCCC2)C(=O)O. The number of benzene rings is 1. The molecule has 0 fully saturated rings. The van der Waals surface area contributed by atoms with Crippen molar-refractivity contribution in [2.45, 2.75) is 46.0 Å². The zero-order valence-corrected chi connectivity index (χ0v) is 11.3. The van der Waals surface area contributed by atoms with Crippen LogP contribution in [0.1, 0.15) is 43.4 Å². The van der Waals surface area contributed by atoms with Gasteiger partial charge in [-0.15, -0.1) is 0 Å². The molecule has 1 N–H and O–H groups in total. The molecule has 0 aliphatic heterocycles. The standard InChI is InChI=1S/C16H22O2/c1-11(2)15(16(17)18)10-12-7-8-13-5-3-4-6-14(13)9-12/h7-9,11,15H,3-6,10H2,1-2H3,(H,17,18). The van der Waals surface area contributed by atoms with E-state index in [2.05, 4.69) is 18.2 Å². The summed E-state index contributed by atoms with van der Waals surface area (Å²) < 4.78 is 0. The average molecular weight is 246 g/mol. The van der Waals surface area contributed by atoms with Gasteiger partial charge >= 0.3 is 5.97 Å². The van der Waals surface area contributed by atoms with Crippen LogP contribution in [0.15, 0.2) is 18.2 Å². The molecule has 0 saturated heterocycles. The van der Waals surface area contributed by atoms with Crippen LogP contribution in [0.3, 0.4) is 0 Å². The van der Waals surface area contributed by atoms with Crippen LogP contribution in [0.25, 0.3) is 0 Å². The molecule has 1 aliphatic rings. The van der Waals surface area contributed by atoms with Crippen molar-refractivity contribution in [2.75, 3.05) is 0 Å². The van der Waals surface area contributed by atoms with E-state index in [4.69, 9.17) is 0 Å². The third-order valence-electron chi connectivity index (χ3n) is 3.99. The van der Waals surface area contributed by atoms with E-state index in [0.717, 1.165) is 6.42 Å². The number of aliphatic carboxylic acids is 1. The van der Waals surface area contributed by atoms with Crippen LogP contribution in [-0.4, -0.2) is 11.1 Å². The molecule has 0 aromatic heterocycles. The second kappa shape index (κ2) is 5.55. The number of aryl methyl sites for hydroxylation is 2. The van der Waals surface area contributed by atoms with Gasteiger partial charge in [-0.3, -0.25) is 4.79 Å². The predicted molar refractivity (Wildman–Crippen MR) is 72.8 cm³/mol. The molecule has 1 unspecified atom stereocenters. The van der Waals surface area contributed by atoms with Crippen LogP contribution < -0.4 is 0 Å². The maximum atomic E-state index is 11.2. The fourth-order valence-corrected chi connectivity index (χ4v) is 2.78. The Kier molecular flexibility index (Phi) is 4.05. The van der Waals surface area contributed by atoms with Crippen LogP contribution in [0.5, 0.6) is 0 Å². The lowest BCUT2D eigenvalue weighted by Gasteiger charge is -2.19. The van der Waals surface area contributed by atoms with Crippen molar-refractivity contribution in [1.82, 2.24) is 0 Å². The maximum Gasteiger partial charge on any atom is 0.307 e. The normalized spacial score (nSPS) is 16.4. The molecule has 0 saturated carbocycles. The van der Waals surface area contributed by atoms with Gasteiger partial charge in [0.15, 0.2) is 0 Å². The van der Waals surface area contributed by atoms with E-state index in [0.29, 0.717) is 6.42 Å². The van der Waals surface area contributed by atoms with Gasteiger partial charge in [0, 0.05) is 0 Å². The number of carboxylic acids is 1. The van der Waals surface area contributed by atoms with Crippen molar-refractivity contribution >= 4 is 5.97 Å². The van der Waals surface area contributed by atoms with Gasteiger partial charge < -0.3 is 5.11 Å². The van der Waals surface area contributed by atoms with Gasteiger partial charge in [-0.1, -0.05) is 32.0 Å². The molecule has 2 nitrogen and oxygen atoms in total. The number of hydrogen-bond acceptors (Lipinski definition) is 1. The summed E-state index contributed by atoms with van der Waals surface area (Å²) in [6.45, 7) is 3.97. The lowest BCUT2D eigenvalue weighted by molar-refractivity contribution is -0.143. The van der Waals surface area contributed by atoms with Crippen LogP contribution in [0, 0.1) is 11.8 Å². The number of hydrogen-bond donors (Lipinski definition) is 1. The van der Waals surface area contributed by atoms with Gasteiger partial charge in [0.05, 0.1) is 5.92 Å². The molecule has 0 heterocycles. The Morgan fingerprint density at radius 3 is 2.50 bits per heavy atom. The largest absolute Gasteiger partial charge is 0.481 e. The summed E-state index contributed by atoms with van der Waals surface area (Å²) in [5.74, 6) is -0.770. The summed E-state index contributed by atoms with van der Waals surface area (Å²) in [5, 5.41) is 9.24. The summed E-state index contributed by atoms with van der Waals surface area (Å²) >= 11 is 0. The van der Waals surface area contributed by atoms with Crippen molar-refractivity contribution in [2.24, 2.45) is 11.8 Å². The molecule has 0 radical (unpaired) electrons. The van der Waals surface area contributed by atoms with Gasteiger partial charge in [-0.05, 0) is 54.7 Å². The van der Waals surface area contributed by atoms with Gasteiger partial charge in [0.2, 0.25) is 0 Å². The fourth-order valence-electron chi connectivity index (χ4n) is 2.78. The number of rotatable bonds is 4. The molecule has 1 aromatic carbocycles. The van der Waals surface area contributed by atoms with Crippen LogP contribution in [-0.2, 0) is 24.1 Å². The Labute approximate surface area is 109 Å². The lowest BCUT2D eigenvalue weighted by Crippen LogP contribution is -2.22. The molecule has 1 atom stereocenters. The number of carboxylic acid groups (broad SMARTS) is 1. The average Bonchev–Trinajstić information content (AvgIpc) is 2.35. The Morgan fingerprint density at radius 1 is 1.22 bits per heavy atom. The zero-order valence-electron chi connectivity index (χ0n) is 11.3. The van der Waals surface area contributed by atoms with Crippen LogP contribution >= 0.6 is 0 Å². The Hall–Kier alpha value is -1.31. The molecule has 0 bridgehead atoms. The number of fused-ring (bicyclic) bond motifs is 1. The van der Waals surface area contributed by atoms with E-state index < -0.39 is 5.97 Å². The van der Waals surface area contributed by atoms with Crippen LogP contribution in [0.4, 0.5) is 0 Å². The first-order valence-corrected chi connectivity index (χ1v) is 6.91. The molecule has 2 rings (SSSR count). The summed E-state index contributed by atoms with van der Waals surface area (Å²) in [6, 6.07) is 6.54. The van der Waals surface area contributed by atoms with E-state index in [1.807, 2.05) is 13.8 Å². The molecular weight excluding hydrogens is 224 g/mol. The lowest BCUT2D eigenvalue weighted by atomic mass is 9.85. The minimum Gasteiger partial charge on any atom is -0.481 e. The van der Waals surface area contributed by atoms with Gasteiger partial charge in [-0.25, -0.2) is 0 Å². The molecule has 0 spiro atoms. The predicted octanol–water partition coefficient (Wildman–Crippen LogP) is 3.46. The third-order valence-corrected chi connectivity index (χ3v) is 3.99. The second-order valence-electron chi connectivity index (χ2n) is 5.70. The Bertz CT molecular complexity index is 435. The smallest absolute Gasteiger partial charge is 0.307 e. The van der Waals surface area contributed by atoms with Gasteiger partial charge in [-0.2, -0.15) is 0 Å². The highest BCUT2D eigenvalue weighted by Crippen LogP contribution is 2.24. The van der Waals surface area contributed by atoms with Crippen molar-refractivity contribution in [3.05, 3.63) is 34.9 Å². The summed E-state index contributed by atoms with van der Waals surface area (Å²) in [5.41, 5.74) is 4.07. The van der Waals surface area contributed by atoms with Gasteiger partial charge in [0.1, 0.15) is 0 Å². The molecule has 1 aromatic rings. The van der Waals surface area contributed by atoms with Crippen molar-refractivity contribution in [3.63, 3.8) is 0 Å². The maximum absolute atomic E-state index is 11.2. The first-order valence-electron chi connectivity index (χ1n) is 6.91. The molecule has 18 heavy (non-hydrogen) atoms. The number of carbonyl (C=O) groups is 1. The van der Waals surface area contributed by atoms with E-state index >= 15 is 0 Å². The molecular formula is C16H22O2. The minimum absolute atomic E-state index is 0.179. The summed E-state index contributed by atoms with van der Waals surface area (Å²) in [6.07, 6.45) is 5.55. The van der Waals surface area contributed by atoms with E-state index in [9.17, 15) is 9.90 Å². The highest BCUT2D eigenvalue weighted by Gasteiger charge is 2.22. The molecule has 98 valence electrons. The third kappa shape index (κ3) is 2.92. The van der Waals surface area contributed by atoms with Crippen molar-refractivity contribution < 1.29 is 9.90 Å². The molecule has 1 aliphatic carbocycles. The molecule has 0 amide bonds. The minimum atomic E-state index is -0.678. The fraction of sp³-hybridized carbons (Fsp3) is 0.562. The summed E-state index contributed by atoms with van der Waals surface area (Å²) in [4.78, 5) is 11.2. The quantitative estimate of drug-likeness (QED) is 0.883. The van der Waals surface area contributed by atoms with Crippen LogP contribution in [0.2, 0.25) is 0 Å². The Morgan fingerprint density at radius 2 is 1.89 bits per heavy atom.